The molecule has 0 unspecified atom stereocenters. The largest absolute Gasteiger partial charge is 0.338 e. The van der Waals surface area contributed by atoms with Crippen LogP contribution in [0.4, 0.5) is 8.78 Å². The van der Waals surface area contributed by atoms with Crippen LogP contribution in [0.3, 0.4) is 0 Å². The van der Waals surface area contributed by atoms with Gasteiger partial charge in [0.1, 0.15) is 17.5 Å². The molecule has 0 aliphatic carbocycles. The van der Waals surface area contributed by atoms with Gasteiger partial charge in [0.2, 0.25) is 0 Å². The summed E-state index contributed by atoms with van der Waals surface area (Å²) in [6, 6.07) is 5.00. The summed E-state index contributed by atoms with van der Waals surface area (Å²) < 4.78 is 27.3. The van der Waals surface area contributed by atoms with Gasteiger partial charge in [-0.2, -0.15) is 0 Å². The Morgan fingerprint density at radius 1 is 0.850 bits per heavy atom. The van der Waals surface area contributed by atoms with Gasteiger partial charge in [0.25, 0.3) is 0 Å². The minimum absolute atomic E-state index is 0.0182. The standard InChI is InChI=1S/C13H5Cl3F2N2/c14-6-3-11-12(4-7(6)15)20-13(19-11)5-1-10(18)8(16)2-9(5)17/h1-4H,(H,19,20). The van der Waals surface area contributed by atoms with Crippen LogP contribution in [0.25, 0.3) is 22.4 Å². The predicted octanol–water partition coefficient (Wildman–Crippen LogP) is 5.47. The van der Waals surface area contributed by atoms with Crippen LogP contribution in [0.1, 0.15) is 0 Å². The van der Waals surface area contributed by atoms with Crippen molar-refractivity contribution in [2.45, 2.75) is 0 Å². The summed E-state index contributed by atoms with van der Waals surface area (Å²) in [5.74, 6) is -1.22. The van der Waals surface area contributed by atoms with Crippen LogP contribution < -0.4 is 0 Å². The van der Waals surface area contributed by atoms with E-state index in [1.807, 2.05) is 0 Å². The van der Waals surface area contributed by atoms with Crippen LogP contribution >= 0.6 is 34.8 Å². The molecule has 0 saturated carbocycles. The monoisotopic (exact) mass is 332 g/mol. The van der Waals surface area contributed by atoms with E-state index in [4.69, 9.17) is 34.8 Å². The van der Waals surface area contributed by atoms with Gasteiger partial charge in [-0.3, -0.25) is 0 Å². The molecule has 3 rings (SSSR count). The fraction of sp³-hybridized carbons (Fsp3) is 0. The van der Waals surface area contributed by atoms with E-state index in [-0.39, 0.29) is 16.4 Å². The quantitative estimate of drug-likeness (QED) is 0.588. The number of imidazole rings is 1. The highest BCUT2D eigenvalue weighted by Gasteiger charge is 2.14. The van der Waals surface area contributed by atoms with Crippen LogP contribution in [0, 0.1) is 11.6 Å². The van der Waals surface area contributed by atoms with Gasteiger partial charge in [-0.15, -0.1) is 0 Å². The second-order valence-corrected chi connectivity index (χ2v) is 5.34. The van der Waals surface area contributed by atoms with E-state index in [2.05, 4.69) is 9.97 Å². The summed E-state index contributed by atoms with van der Waals surface area (Å²) in [7, 11) is 0. The third kappa shape index (κ3) is 2.24. The van der Waals surface area contributed by atoms with E-state index in [1.165, 1.54) is 0 Å². The number of H-pyrrole nitrogens is 1. The minimum Gasteiger partial charge on any atom is -0.338 e. The van der Waals surface area contributed by atoms with Gasteiger partial charge in [-0.1, -0.05) is 34.8 Å². The zero-order valence-electron chi connectivity index (χ0n) is 9.65. The number of aromatic nitrogens is 2. The maximum atomic E-state index is 13.8. The Bertz CT molecular complexity index is 791. The molecular weight excluding hydrogens is 329 g/mol. The molecule has 0 aliphatic rings. The van der Waals surface area contributed by atoms with Gasteiger partial charge in [-0.25, -0.2) is 13.8 Å². The lowest BCUT2D eigenvalue weighted by molar-refractivity contribution is 0.602. The minimum atomic E-state index is -0.723. The summed E-state index contributed by atoms with van der Waals surface area (Å²) in [5, 5.41) is 0.394. The Morgan fingerprint density at radius 3 is 2.30 bits per heavy atom. The molecule has 1 N–H and O–H groups in total. The number of halogens is 5. The Morgan fingerprint density at radius 2 is 1.55 bits per heavy atom. The van der Waals surface area contributed by atoms with E-state index < -0.39 is 11.6 Å². The molecule has 0 bridgehead atoms. The molecule has 0 spiro atoms. The van der Waals surface area contributed by atoms with Crippen molar-refractivity contribution < 1.29 is 8.78 Å². The molecule has 2 aromatic carbocycles. The molecule has 0 radical (unpaired) electrons. The molecule has 2 nitrogen and oxygen atoms in total. The molecular formula is C13H5Cl3F2N2. The van der Waals surface area contributed by atoms with Crippen molar-refractivity contribution in [2.75, 3.05) is 0 Å². The molecule has 20 heavy (non-hydrogen) atoms. The number of hydrogen-bond donors (Lipinski definition) is 1. The highest BCUT2D eigenvalue weighted by Crippen LogP contribution is 2.31. The normalized spacial score (nSPS) is 11.2. The zero-order chi connectivity index (χ0) is 14.4. The summed E-state index contributed by atoms with van der Waals surface area (Å²) in [5.41, 5.74) is 1.06. The highest BCUT2D eigenvalue weighted by atomic mass is 35.5. The molecule has 1 aromatic heterocycles. The lowest BCUT2D eigenvalue weighted by Crippen LogP contribution is -1.89. The number of nitrogens with zero attached hydrogens (tertiary/aromatic N) is 1. The number of rotatable bonds is 1. The smallest absolute Gasteiger partial charge is 0.142 e. The molecule has 0 atom stereocenters. The third-order valence-corrected chi connectivity index (χ3v) is 3.80. The van der Waals surface area contributed by atoms with E-state index in [1.54, 1.807) is 12.1 Å². The maximum Gasteiger partial charge on any atom is 0.142 e. The molecule has 0 aliphatic heterocycles. The van der Waals surface area contributed by atoms with Crippen molar-refractivity contribution in [3.05, 3.63) is 51.0 Å². The van der Waals surface area contributed by atoms with Gasteiger partial charge in [-0.05, 0) is 24.3 Å². The summed E-state index contributed by atoms with van der Waals surface area (Å²) >= 11 is 17.3. The summed E-state index contributed by atoms with van der Waals surface area (Å²) in [6.45, 7) is 0. The molecule has 3 aromatic rings. The van der Waals surface area contributed by atoms with E-state index in [9.17, 15) is 8.78 Å². The number of aromatic amines is 1. The van der Waals surface area contributed by atoms with Crippen LogP contribution in [0.5, 0.6) is 0 Å². The lowest BCUT2D eigenvalue weighted by Gasteiger charge is -2.01. The van der Waals surface area contributed by atoms with Gasteiger partial charge in [0.05, 0.1) is 31.7 Å². The first kappa shape index (κ1) is 13.6. The van der Waals surface area contributed by atoms with E-state index >= 15 is 0 Å². The van der Waals surface area contributed by atoms with Gasteiger partial charge in [0.15, 0.2) is 0 Å². The fourth-order valence-corrected chi connectivity index (χ4v) is 2.31. The predicted molar refractivity (Wildman–Crippen MR) is 76.5 cm³/mol. The van der Waals surface area contributed by atoms with E-state index in [0.29, 0.717) is 21.1 Å². The second-order valence-electron chi connectivity index (χ2n) is 4.12. The first-order valence-corrected chi connectivity index (χ1v) is 6.59. The van der Waals surface area contributed by atoms with Gasteiger partial charge >= 0.3 is 0 Å². The Kier molecular flexibility index (Phi) is 3.32. The van der Waals surface area contributed by atoms with Crippen molar-refractivity contribution in [2.24, 2.45) is 0 Å². The lowest BCUT2D eigenvalue weighted by atomic mass is 10.2. The Balaban J connectivity index is 2.22. The highest BCUT2D eigenvalue weighted by molar-refractivity contribution is 6.42. The first-order chi connectivity index (χ1) is 9.45. The molecule has 0 fully saturated rings. The van der Waals surface area contributed by atoms with Crippen LogP contribution in [-0.4, -0.2) is 9.97 Å². The molecule has 1 heterocycles. The Labute approximate surface area is 127 Å². The second kappa shape index (κ2) is 4.88. The maximum absolute atomic E-state index is 13.8. The summed E-state index contributed by atoms with van der Waals surface area (Å²) in [4.78, 5) is 7.03. The SMILES string of the molecule is Fc1cc(-c2nc3cc(Cl)c(Cl)cc3[nH]2)c(F)cc1Cl. The average molecular weight is 334 g/mol. The van der Waals surface area contributed by atoms with Crippen LogP contribution in [0.2, 0.25) is 15.1 Å². The van der Waals surface area contributed by atoms with Crippen molar-refractivity contribution in [3.8, 4) is 11.4 Å². The number of fused-ring (bicyclic) bond motifs is 1. The van der Waals surface area contributed by atoms with Crippen molar-refractivity contribution in [1.82, 2.24) is 9.97 Å². The van der Waals surface area contributed by atoms with E-state index in [0.717, 1.165) is 12.1 Å². The molecule has 0 saturated heterocycles. The number of nitrogens with one attached hydrogen (secondary N) is 1. The summed E-state index contributed by atoms with van der Waals surface area (Å²) in [6.07, 6.45) is 0. The van der Waals surface area contributed by atoms with Crippen molar-refractivity contribution in [1.29, 1.82) is 0 Å². The van der Waals surface area contributed by atoms with Gasteiger partial charge in [0, 0.05) is 0 Å². The average Bonchev–Trinajstić information content (AvgIpc) is 2.77. The molecule has 102 valence electrons. The van der Waals surface area contributed by atoms with Crippen molar-refractivity contribution >= 4 is 45.8 Å². The first-order valence-electron chi connectivity index (χ1n) is 5.45. The van der Waals surface area contributed by atoms with Crippen LogP contribution in [-0.2, 0) is 0 Å². The zero-order valence-corrected chi connectivity index (χ0v) is 11.9. The fourth-order valence-electron chi connectivity index (χ4n) is 1.84. The number of benzene rings is 2. The number of hydrogen-bond acceptors (Lipinski definition) is 1. The van der Waals surface area contributed by atoms with Crippen molar-refractivity contribution in [3.63, 3.8) is 0 Å². The van der Waals surface area contributed by atoms with Crippen LogP contribution in [0.15, 0.2) is 24.3 Å². The van der Waals surface area contributed by atoms with Gasteiger partial charge < -0.3 is 4.98 Å². The Hall–Kier alpha value is -1.36. The topological polar surface area (TPSA) is 28.7 Å². The molecule has 0 amide bonds. The molecule has 7 heteroatoms. The third-order valence-electron chi connectivity index (χ3n) is 2.79.